The lowest BCUT2D eigenvalue weighted by molar-refractivity contribution is -0.274. The highest BCUT2D eigenvalue weighted by Crippen LogP contribution is 2.31. The smallest absolute Gasteiger partial charge is 0.478 e. The van der Waals surface area contributed by atoms with Crippen molar-refractivity contribution in [3.8, 4) is 17.3 Å². The number of carboxylic acids is 1. The molecular weight excluding hydrogens is 539 g/mol. The van der Waals surface area contributed by atoms with Gasteiger partial charge in [-0.2, -0.15) is 0 Å². The summed E-state index contributed by atoms with van der Waals surface area (Å²) in [5.74, 6) is -1.12. The van der Waals surface area contributed by atoms with Crippen LogP contribution in [0.15, 0.2) is 54.6 Å². The van der Waals surface area contributed by atoms with E-state index in [4.69, 9.17) is 4.74 Å². The largest absolute Gasteiger partial charge is 0.573 e. The van der Waals surface area contributed by atoms with Gasteiger partial charge in [0.25, 0.3) is 0 Å². The topological polar surface area (TPSA) is 103 Å². The fourth-order valence-corrected chi connectivity index (χ4v) is 4.51. The summed E-state index contributed by atoms with van der Waals surface area (Å²) in [6.45, 7) is 7.90. The maximum atomic E-state index is 13.0. The molecule has 0 fully saturated rings. The molecule has 0 spiro atoms. The van der Waals surface area contributed by atoms with Gasteiger partial charge in [0.2, 0.25) is 5.88 Å². The summed E-state index contributed by atoms with van der Waals surface area (Å²) in [5, 5.41) is 17.6. The summed E-state index contributed by atoms with van der Waals surface area (Å²) in [6, 6.07) is 14.5. The van der Waals surface area contributed by atoms with Crippen molar-refractivity contribution in [3.63, 3.8) is 0 Å². The van der Waals surface area contributed by atoms with E-state index in [1.807, 2.05) is 44.9 Å². The fourth-order valence-electron chi connectivity index (χ4n) is 4.51. The van der Waals surface area contributed by atoms with Crippen LogP contribution in [0.1, 0.15) is 58.3 Å². The van der Waals surface area contributed by atoms with E-state index in [1.165, 1.54) is 22.9 Å². The number of para-hydroxylation sites is 2. The van der Waals surface area contributed by atoms with Gasteiger partial charge in [0.1, 0.15) is 18.0 Å². The number of carbonyl (C=O) groups is 1. The van der Waals surface area contributed by atoms with Crippen molar-refractivity contribution in [1.82, 2.24) is 20.0 Å². The maximum Gasteiger partial charge on any atom is 0.573 e. The number of rotatable bonds is 10. The third kappa shape index (κ3) is 6.94. The molecule has 4 rings (SSSR count). The van der Waals surface area contributed by atoms with E-state index >= 15 is 0 Å². The molecule has 2 heterocycles. The number of pyridine rings is 1. The van der Waals surface area contributed by atoms with E-state index in [9.17, 15) is 23.1 Å². The predicted molar refractivity (Wildman–Crippen MR) is 146 cm³/mol. The molecule has 2 aromatic carbocycles. The highest BCUT2D eigenvalue weighted by molar-refractivity contribution is 5.89. The van der Waals surface area contributed by atoms with Crippen LogP contribution in [-0.4, -0.2) is 44.5 Å². The van der Waals surface area contributed by atoms with Crippen molar-refractivity contribution >= 4 is 11.7 Å². The van der Waals surface area contributed by atoms with E-state index in [-0.39, 0.29) is 23.8 Å². The predicted octanol–water partition coefficient (Wildman–Crippen LogP) is 6.21. The second kappa shape index (κ2) is 11.9. The van der Waals surface area contributed by atoms with E-state index in [2.05, 4.69) is 20.0 Å². The molecule has 0 aliphatic rings. The van der Waals surface area contributed by atoms with Crippen LogP contribution in [0.5, 0.6) is 11.6 Å². The van der Waals surface area contributed by atoms with Gasteiger partial charge in [-0.1, -0.05) is 43.3 Å². The van der Waals surface area contributed by atoms with Gasteiger partial charge in [0.15, 0.2) is 5.75 Å². The Morgan fingerprint density at radius 1 is 1.10 bits per heavy atom. The van der Waals surface area contributed by atoms with Crippen molar-refractivity contribution in [3.05, 3.63) is 88.4 Å². The monoisotopic (exact) mass is 569 g/mol. The minimum Gasteiger partial charge on any atom is -0.478 e. The minimum absolute atomic E-state index is 0.0440. The Morgan fingerprint density at radius 2 is 1.83 bits per heavy atom. The summed E-state index contributed by atoms with van der Waals surface area (Å²) in [4.78, 5) is 17.9. The number of aromatic nitrogens is 4. The summed E-state index contributed by atoms with van der Waals surface area (Å²) in [6.07, 6.45) is -4.87. The number of benzene rings is 2. The van der Waals surface area contributed by atoms with Gasteiger partial charge in [-0.05, 0) is 55.2 Å². The molecular formula is C29H30F3N5O4. The second-order valence-electron chi connectivity index (χ2n) is 9.86. The van der Waals surface area contributed by atoms with Gasteiger partial charge in [0, 0.05) is 19.7 Å². The molecule has 0 aliphatic heterocycles. The lowest BCUT2D eigenvalue weighted by atomic mass is 10.0. The summed E-state index contributed by atoms with van der Waals surface area (Å²) in [5.41, 5.74) is 4.58. The Morgan fingerprint density at radius 3 is 2.46 bits per heavy atom. The van der Waals surface area contributed by atoms with Crippen LogP contribution in [0, 0.1) is 13.8 Å². The molecule has 0 atom stereocenters. The first-order valence-electron chi connectivity index (χ1n) is 12.8. The molecule has 12 heteroatoms. The number of hydrogen-bond acceptors (Lipinski definition) is 7. The first kappa shape index (κ1) is 29.4. The highest BCUT2D eigenvalue weighted by atomic mass is 19.4. The molecule has 2 aromatic heterocycles. The number of aromatic carboxylic acids is 1. The first-order valence-corrected chi connectivity index (χ1v) is 12.8. The average Bonchev–Trinajstić information content (AvgIpc) is 3.30. The number of nitrogens with zero attached hydrogens (tertiary/aromatic N) is 5. The number of alkyl halides is 3. The molecule has 0 aliphatic carbocycles. The molecule has 0 bridgehead atoms. The van der Waals surface area contributed by atoms with Crippen LogP contribution in [0.2, 0.25) is 0 Å². The Kier molecular flexibility index (Phi) is 8.50. The number of ether oxygens (including phenoxy) is 2. The molecule has 216 valence electrons. The van der Waals surface area contributed by atoms with Crippen molar-refractivity contribution in [2.45, 2.75) is 53.1 Å². The van der Waals surface area contributed by atoms with E-state index in [1.54, 1.807) is 31.2 Å². The van der Waals surface area contributed by atoms with Crippen molar-refractivity contribution < 1.29 is 32.5 Å². The Bertz CT molecular complexity index is 1550. The summed E-state index contributed by atoms with van der Waals surface area (Å²) >= 11 is 0. The number of aryl methyl sites for hydroxylation is 2. The average molecular weight is 570 g/mol. The van der Waals surface area contributed by atoms with Gasteiger partial charge < -0.3 is 19.5 Å². The van der Waals surface area contributed by atoms with Crippen LogP contribution < -0.4 is 14.4 Å². The molecule has 41 heavy (non-hydrogen) atoms. The summed E-state index contributed by atoms with van der Waals surface area (Å²) in [7, 11) is 1.91. The summed E-state index contributed by atoms with van der Waals surface area (Å²) < 4.78 is 50.6. The minimum atomic E-state index is -4.87. The molecule has 0 saturated carbocycles. The fraction of sp³-hybridized carbons (Fsp3) is 0.310. The SMILES string of the molecule is Cc1cc(CN(C)c2ccc(OCc3c(C(C)C)nnn3-c3ccccc3OC(F)(F)F)nc2C)ccc1C(=O)O. The van der Waals surface area contributed by atoms with Crippen LogP contribution in [0.4, 0.5) is 18.9 Å². The Labute approximate surface area is 235 Å². The van der Waals surface area contributed by atoms with Crippen LogP contribution in [-0.2, 0) is 13.2 Å². The lowest BCUT2D eigenvalue weighted by Gasteiger charge is -2.22. The van der Waals surface area contributed by atoms with Gasteiger partial charge in [0.05, 0.1) is 22.6 Å². The molecule has 0 unspecified atom stereocenters. The third-order valence-electron chi connectivity index (χ3n) is 6.40. The van der Waals surface area contributed by atoms with Crippen molar-refractivity contribution in [1.29, 1.82) is 0 Å². The zero-order valence-corrected chi connectivity index (χ0v) is 23.2. The molecule has 4 aromatic rings. The van der Waals surface area contributed by atoms with Gasteiger partial charge in [-0.15, -0.1) is 18.3 Å². The van der Waals surface area contributed by atoms with Crippen molar-refractivity contribution in [2.24, 2.45) is 0 Å². The van der Waals surface area contributed by atoms with Crippen LogP contribution in [0.3, 0.4) is 0 Å². The molecule has 0 radical (unpaired) electrons. The van der Waals surface area contributed by atoms with Crippen molar-refractivity contribution in [2.75, 3.05) is 11.9 Å². The standard InChI is InChI=1S/C29H30F3N5O4/c1-17(2)27-24(37(35-34-27)23-8-6-7-9-25(23)41-29(30,31)32)16-40-26-13-12-22(19(4)33-26)36(5)15-20-10-11-21(28(38)39)18(3)14-20/h6-14,17H,15-16H2,1-5H3,(H,38,39). The maximum absolute atomic E-state index is 13.0. The van der Waals surface area contributed by atoms with Gasteiger partial charge in [-0.25, -0.2) is 14.5 Å². The molecule has 0 saturated heterocycles. The zero-order chi connectivity index (χ0) is 29.9. The third-order valence-corrected chi connectivity index (χ3v) is 6.40. The molecule has 0 amide bonds. The molecule has 1 N–H and O–H groups in total. The lowest BCUT2D eigenvalue weighted by Crippen LogP contribution is -2.19. The Hall–Kier alpha value is -4.61. The number of anilines is 1. The number of hydrogen-bond donors (Lipinski definition) is 1. The van der Waals surface area contributed by atoms with Crippen LogP contribution >= 0.6 is 0 Å². The van der Waals surface area contributed by atoms with Gasteiger partial charge >= 0.3 is 12.3 Å². The first-order chi connectivity index (χ1) is 19.3. The molecule has 9 nitrogen and oxygen atoms in total. The quantitative estimate of drug-likeness (QED) is 0.240. The zero-order valence-electron chi connectivity index (χ0n) is 23.2. The van der Waals surface area contributed by atoms with Gasteiger partial charge in [-0.3, -0.25) is 0 Å². The number of carboxylic acid groups (broad SMARTS) is 1. The Balaban J connectivity index is 1.54. The number of halogens is 3. The van der Waals surface area contributed by atoms with E-state index in [0.29, 0.717) is 35.1 Å². The van der Waals surface area contributed by atoms with Crippen LogP contribution in [0.25, 0.3) is 5.69 Å². The normalized spacial score (nSPS) is 11.5. The van der Waals surface area contributed by atoms with E-state index < -0.39 is 18.1 Å². The second-order valence-corrected chi connectivity index (χ2v) is 9.86. The highest BCUT2D eigenvalue weighted by Gasteiger charge is 2.33. The van der Waals surface area contributed by atoms with E-state index in [0.717, 1.165) is 11.3 Å².